The quantitative estimate of drug-likeness (QED) is 0.475. The number of rotatable bonds is 6. The first-order valence-electron chi connectivity index (χ1n) is 9.62. The summed E-state index contributed by atoms with van der Waals surface area (Å²) in [7, 11) is 1.72. The Kier molecular flexibility index (Phi) is 5.81. The molecule has 0 spiro atoms. The molecule has 0 aliphatic rings. The average Bonchev–Trinajstić information content (AvgIpc) is 3.09. The van der Waals surface area contributed by atoms with Crippen molar-refractivity contribution in [1.82, 2.24) is 25.1 Å². The normalized spacial score (nSPS) is 11.0. The highest BCUT2D eigenvalue weighted by atomic mass is 35.5. The Balaban J connectivity index is 1.57. The zero-order valence-corrected chi connectivity index (χ0v) is 17.7. The highest BCUT2D eigenvalue weighted by Crippen LogP contribution is 2.24. The molecule has 0 unspecified atom stereocenters. The molecular formula is C22H20ClFN6O. The number of nitrogens with zero attached hydrogens (tertiary/aromatic N) is 4. The molecule has 4 rings (SSSR count). The van der Waals surface area contributed by atoms with Gasteiger partial charge in [-0.15, -0.1) is 0 Å². The summed E-state index contributed by atoms with van der Waals surface area (Å²) in [4.78, 5) is 21.6. The van der Waals surface area contributed by atoms with E-state index in [0.29, 0.717) is 34.4 Å². The third-order valence-corrected chi connectivity index (χ3v) is 4.96. The molecule has 7 nitrogen and oxygen atoms in total. The molecule has 2 aromatic carbocycles. The molecule has 2 heterocycles. The Morgan fingerprint density at radius 1 is 1.10 bits per heavy atom. The van der Waals surface area contributed by atoms with E-state index in [1.165, 1.54) is 16.8 Å². The molecule has 1 amide bonds. The number of benzene rings is 2. The second-order valence-electron chi connectivity index (χ2n) is 7.11. The summed E-state index contributed by atoms with van der Waals surface area (Å²) in [6, 6.07) is 13.3. The number of hydrogen-bond donors (Lipinski definition) is 2. The molecular weight excluding hydrogens is 419 g/mol. The van der Waals surface area contributed by atoms with E-state index in [0.717, 1.165) is 16.6 Å². The van der Waals surface area contributed by atoms with Crippen LogP contribution in [0.15, 0.2) is 48.5 Å². The number of halogens is 2. The summed E-state index contributed by atoms with van der Waals surface area (Å²) in [6.07, 6.45) is 0. The minimum absolute atomic E-state index is 0.136. The van der Waals surface area contributed by atoms with Crippen LogP contribution >= 0.6 is 11.6 Å². The van der Waals surface area contributed by atoms with Gasteiger partial charge in [0, 0.05) is 24.0 Å². The van der Waals surface area contributed by atoms with Crippen molar-refractivity contribution >= 4 is 34.2 Å². The van der Waals surface area contributed by atoms with Crippen molar-refractivity contribution in [3.8, 4) is 0 Å². The van der Waals surface area contributed by atoms with Crippen molar-refractivity contribution in [3.63, 3.8) is 0 Å². The van der Waals surface area contributed by atoms with E-state index in [9.17, 15) is 9.18 Å². The van der Waals surface area contributed by atoms with Crippen LogP contribution in [-0.4, -0.2) is 25.7 Å². The molecule has 158 valence electrons. The lowest BCUT2D eigenvalue weighted by Gasteiger charge is -2.12. The molecule has 2 N–H and O–H groups in total. The highest BCUT2D eigenvalue weighted by Gasteiger charge is 2.14. The van der Waals surface area contributed by atoms with Gasteiger partial charge in [0.25, 0.3) is 5.91 Å². The van der Waals surface area contributed by atoms with Crippen LogP contribution in [0.25, 0.3) is 10.9 Å². The van der Waals surface area contributed by atoms with Crippen LogP contribution in [0.1, 0.15) is 27.6 Å². The van der Waals surface area contributed by atoms with Crippen LogP contribution in [-0.2, 0) is 20.1 Å². The van der Waals surface area contributed by atoms with Gasteiger partial charge in [-0.05, 0) is 48.9 Å². The van der Waals surface area contributed by atoms with E-state index in [2.05, 4.69) is 25.7 Å². The zero-order chi connectivity index (χ0) is 22.0. The average molecular weight is 439 g/mol. The molecule has 0 fully saturated rings. The van der Waals surface area contributed by atoms with Crippen LogP contribution in [0.3, 0.4) is 0 Å². The predicted molar refractivity (Wildman–Crippen MR) is 117 cm³/mol. The minimum Gasteiger partial charge on any atom is -0.365 e. The van der Waals surface area contributed by atoms with Gasteiger partial charge < -0.3 is 10.6 Å². The van der Waals surface area contributed by atoms with Gasteiger partial charge in [-0.3, -0.25) is 9.48 Å². The number of fused-ring (bicyclic) bond motifs is 1. The topological polar surface area (TPSA) is 84.7 Å². The van der Waals surface area contributed by atoms with Crippen molar-refractivity contribution in [3.05, 3.63) is 82.1 Å². The van der Waals surface area contributed by atoms with E-state index in [1.807, 2.05) is 13.0 Å². The zero-order valence-electron chi connectivity index (χ0n) is 17.0. The fraction of sp³-hybridized carbons (Fsp3) is 0.182. The standard InChI is InChI=1S/C22H20ClFN6O/c1-13-9-19(30(2)29-13)22(31)26-12-20-27-18-10-15(23)5-8-17(18)21(28-20)25-11-14-3-6-16(24)7-4-14/h3-10H,11-12H2,1-2H3,(H,26,31)(H,25,27,28). The summed E-state index contributed by atoms with van der Waals surface area (Å²) in [6.45, 7) is 2.41. The summed E-state index contributed by atoms with van der Waals surface area (Å²) in [5.74, 6) is 0.487. The summed E-state index contributed by atoms with van der Waals surface area (Å²) < 4.78 is 14.7. The van der Waals surface area contributed by atoms with Gasteiger partial charge in [0.2, 0.25) is 0 Å². The van der Waals surface area contributed by atoms with Gasteiger partial charge in [-0.25, -0.2) is 14.4 Å². The predicted octanol–water partition coefficient (Wildman–Crippen LogP) is 4.01. The fourth-order valence-corrected chi connectivity index (χ4v) is 3.39. The molecule has 0 bridgehead atoms. The van der Waals surface area contributed by atoms with Gasteiger partial charge in [0.1, 0.15) is 17.3 Å². The van der Waals surface area contributed by atoms with Crippen LogP contribution in [0, 0.1) is 12.7 Å². The smallest absolute Gasteiger partial charge is 0.269 e. The molecule has 0 atom stereocenters. The lowest BCUT2D eigenvalue weighted by molar-refractivity contribution is 0.0940. The van der Waals surface area contributed by atoms with Crippen LogP contribution in [0.4, 0.5) is 10.2 Å². The minimum atomic E-state index is -0.285. The summed E-state index contributed by atoms with van der Waals surface area (Å²) in [5, 5.41) is 11.6. The SMILES string of the molecule is Cc1cc(C(=O)NCc2nc(NCc3ccc(F)cc3)c3ccc(Cl)cc3n2)n(C)n1. The summed E-state index contributed by atoms with van der Waals surface area (Å²) in [5.41, 5.74) is 2.78. The molecule has 0 saturated carbocycles. The van der Waals surface area contributed by atoms with Crippen LogP contribution in [0.2, 0.25) is 5.02 Å². The Morgan fingerprint density at radius 2 is 1.87 bits per heavy atom. The van der Waals surface area contributed by atoms with E-state index in [1.54, 1.807) is 37.4 Å². The van der Waals surface area contributed by atoms with E-state index < -0.39 is 0 Å². The van der Waals surface area contributed by atoms with Crippen molar-refractivity contribution in [2.24, 2.45) is 7.05 Å². The molecule has 31 heavy (non-hydrogen) atoms. The first-order chi connectivity index (χ1) is 14.9. The monoisotopic (exact) mass is 438 g/mol. The lowest BCUT2D eigenvalue weighted by atomic mass is 10.2. The maximum absolute atomic E-state index is 13.2. The van der Waals surface area contributed by atoms with Crippen molar-refractivity contribution in [1.29, 1.82) is 0 Å². The third kappa shape index (κ3) is 4.80. The number of amides is 1. The van der Waals surface area contributed by atoms with Crippen molar-refractivity contribution < 1.29 is 9.18 Å². The number of carbonyl (C=O) groups is 1. The fourth-order valence-electron chi connectivity index (χ4n) is 3.23. The van der Waals surface area contributed by atoms with Gasteiger partial charge in [-0.2, -0.15) is 5.10 Å². The van der Waals surface area contributed by atoms with E-state index >= 15 is 0 Å². The lowest BCUT2D eigenvalue weighted by Crippen LogP contribution is -2.26. The number of anilines is 1. The van der Waals surface area contributed by atoms with E-state index in [-0.39, 0.29) is 18.3 Å². The number of nitrogens with one attached hydrogen (secondary N) is 2. The molecule has 0 aliphatic heterocycles. The van der Waals surface area contributed by atoms with E-state index in [4.69, 9.17) is 11.6 Å². The van der Waals surface area contributed by atoms with Crippen molar-refractivity contribution in [2.45, 2.75) is 20.0 Å². The highest BCUT2D eigenvalue weighted by molar-refractivity contribution is 6.31. The molecule has 2 aromatic heterocycles. The molecule has 4 aromatic rings. The molecule has 9 heteroatoms. The second-order valence-corrected chi connectivity index (χ2v) is 7.54. The largest absolute Gasteiger partial charge is 0.365 e. The van der Waals surface area contributed by atoms with Crippen molar-refractivity contribution in [2.75, 3.05) is 5.32 Å². The number of carbonyl (C=O) groups excluding carboxylic acids is 1. The van der Waals surface area contributed by atoms with Crippen LogP contribution in [0.5, 0.6) is 0 Å². The van der Waals surface area contributed by atoms with Gasteiger partial charge in [-0.1, -0.05) is 23.7 Å². The maximum Gasteiger partial charge on any atom is 0.269 e. The maximum atomic E-state index is 13.2. The number of aromatic nitrogens is 4. The first kappa shape index (κ1) is 20.7. The molecule has 0 radical (unpaired) electrons. The Morgan fingerprint density at radius 3 is 2.58 bits per heavy atom. The molecule has 0 aliphatic carbocycles. The first-order valence-corrected chi connectivity index (χ1v) is 10.00. The van der Waals surface area contributed by atoms with Gasteiger partial charge in [0.05, 0.1) is 17.8 Å². The Labute approximate surface area is 183 Å². The van der Waals surface area contributed by atoms with Crippen LogP contribution < -0.4 is 10.6 Å². The van der Waals surface area contributed by atoms with Gasteiger partial charge >= 0.3 is 0 Å². The molecule has 0 saturated heterocycles. The Bertz CT molecular complexity index is 1260. The number of aryl methyl sites for hydroxylation is 2. The second kappa shape index (κ2) is 8.69. The third-order valence-electron chi connectivity index (χ3n) is 4.72. The summed E-state index contributed by atoms with van der Waals surface area (Å²) >= 11 is 6.14. The Hall–Kier alpha value is -3.52. The van der Waals surface area contributed by atoms with Gasteiger partial charge in [0.15, 0.2) is 5.82 Å². The number of hydrogen-bond acceptors (Lipinski definition) is 5.